The number of rotatable bonds is 6. The van der Waals surface area contributed by atoms with Crippen LogP contribution in [-0.4, -0.2) is 19.8 Å². The van der Waals surface area contributed by atoms with Gasteiger partial charge in [0.1, 0.15) is 16.4 Å². The molecule has 0 amide bonds. The molecule has 2 aromatic rings. The third kappa shape index (κ3) is 5.50. The van der Waals surface area contributed by atoms with Crippen LogP contribution in [0.1, 0.15) is 24.5 Å². The Balaban J connectivity index is 2.39. The standard InChI is InChI=1S/C17H16ClF3O5S/c1-3-16(22)25-12-6-10(2)7-13(9-12)26-27(23,24)15-8-11(17(19,20)21)4-5-14(15)18/h4-9,16,22H,3H2,1-2H3. The van der Waals surface area contributed by atoms with Crippen molar-refractivity contribution in [3.8, 4) is 11.5 Å². The summed E-state index contributed by atoms with van der Waals surface area (Å²) in [4.78, 5) is -0.809. The Kier molecular flexibility index (Phi) is 6.28. The van der Waals surface area contributed by atoms with Crippen molar-refractivity contribution in [3.63, 3.8) is 0 Å². The average molecular weight is 425 g/mol. The van der Waals surface area contributed by atoms with E-state index in [0.717, 1.165) is 6.07 Å². The molecular formula is C17H16ClF3O5S. The molecule has 5 nitrogen and oxygen atoms in total. The molecule has 0 spiro atoms. The zero-order valence-corrected chi connectivity index (χ0v) is 15.8. The van der Waals surface area contributed by atoms with Crippen LogP contribution in [-0.2, 0) is 16.3 Å². The van der Waals surface area contributed by atoms with Crippen molar-refractivity contribution in [1.29, 1.82) is 0 Å². The number of aryl methyl sites for hydroxylation is 1. The maximum Gasteiger partial charge on any atom is 0.416 e. The number of aliphatic hydroxyl groups excluding tert-OH is 1. The van der Waals surface area contributed by atoms with Gasteiger partial charge in [0, 0.05) is 12.5 Å². The Morgan fingerprint density at radius 1 is 1.15 bits per heavy atom. The van der Waals surface area contributed by atoms with E-state index in [0.29, 0.717) is 24.1 Å². The smallest absolute Gasteiger partial charge is 0.416 e. The number of hydrogen-bond acceptors (Lipinski definition) is 5. The topological polar surface area (TPSA) is 72.8 Å². The maximum atomic E-state index is 12.9. The van der Waals surface area contributed by atoms with Crippen molar-refractivity contribution < 1.29 is 35.6 Å². The summed E-state index contributed by atoms with van der Waals surface area (Å²) in [7, 11) is -4.64. The minimum atomic E-state index is -4.74. The lowest BCUT2D eigenvalue weighted by atomic mass is 10.2. The second-order valence-corrected chi connectivity index (χ2v) is 7.56. The fourth-order valence-corrected chi connectivity index (χ4v) is 3.53. The fourth-order valence-electron chi connectivity index (χ4n) is 2.11. The highest BCUT2D eigenvalue weighted by molar-refractivity contribution is 7.87. The van der Waals surface area contributed by atoms with Gasteiger partial charge in [0.2, 0.25) is 0 Å². The molecule has 0 bridgehead atoms. The van der Waals surface area contributed by atoms with E-state index in [2.05, 4.69) is 0 Å². The molecule has 0 fully saturated rings. The van der Waals surface area contributed by atoms with Crippen LogP contribution in [0.15, 0.2) is 41.3 Å². The first-order valence-corrected chi connectivity index (χ1v) is 9.48. The van der Waals surface area contributed by atoms with Gasteiger partial charge in [0.25, 0.3) is 0 Å². The summed E-state index contributed by atoms with van der Waals surface area (Å²) >= 11 is 5.76. The van der Waals surface area contributed by atoms with Crippen molar-refractivity contribution >= 4 is 21.7 Å². The van der Waals surface area contributed by atoms with Crippen molar-refractivity contribution in [2.24, 2.45) is 0 Å². The highest BCUT2D eigenvalue weighted by atomic mass is 35.5. The highest BCUT2D eigenvalue weighted by Crippen LogP contribution is 2.35. The van der Waals surface area contributed by atoms with Crippen LogP contribution in [0.4, 0.5) is 13.2 Å². The molecule has 148 valence electrons. The van der Waals surface area contributed by atoms with Crippen LogP contribution in [0.25, 0.3) is 0 Å². The molecule has 2 rings (SSSR count). The molecule has 0 heterocycles. The molecule has 0 aliphatic rings. The van der Waals surface area contributed by atoms with Crippen LogP contribution in [0.5, 0.6) is 11.5 Å². The minimum Gasteiger partial charge on any atom is -0.465 e. The molecule has 1 unspecified atom stereocenters. The lowest BCUT2D eigenvalue weighted by Gasteiger charge is -2.15. The van der Waals surface area contributed by atoms with E-state index < -0.39 is 38.1 Å². The predicted octanol–water partition coefficient (Wildman–Crippen LogP) is 4.54. The first-order valence-electron chi connectivity index (χ1n) is 7.70. The largest absolute Gasteiger partial charge is 0.465 e. The van der Waals surface area contributed by atoms with Gasteiger partial charge >= 0.3 is 16.3 Å². The first-order chi connectivity index (χ1) is 12.4. The summed E-state index contributed by atoms with van der Waals surface area (Å²) in [5.74, 6) is -0.0496. The molecule has 0 radical (unpaired) electrons. The third-order valence-corrected chi connectivity index (χ3v) is 5.11. The molecule has 0 saturated carbocycles. The van der Waals surface area contributed by atoms with E-state index in [4.69, 9.17) is 20.5 Å². The van der Waals surface area contributed by atoms with Gasteiger partial charge in [-0.3, -0.25) is 0 Å². The van der Waals surface area contributed by atoms with Crippen LogP contribution >= 0.6 is 11.6 Å². The second kappa shape index (κ2) is 7.95. The van der Waals surface area contributed by atoms with Gasteiger partial charge < -0.3 is 14.0 Å². The highest BCUT2D eigenvalue weighted by Gasteiger charge is 2.33. The van der Waals surface area contributed by atoms with Crippen molar-refractivity contribution in [2.75, 3.05) is 0 Å². The number of halogens is 4. The number of hydrogen-bond donors (Lipinski definition) is 1. The van der Waals surface area contributed by atoms with E-state index >= 15 is 0 Å². The number of benzene rings is 2. The van der Waals surface area contributed by atoms with Crippen LogP contribution in [0.2, 0.25) is 5.02 Å². The van der Waals surface area contributed by atoms with Crippen molar-refractivity contribution in [3.05, 3.63) is 52.5 Å². The first kappa shape index (κ1) is 21.3. The number of aliphatic hydroxyl groups is 1. The maximum absolute atomic E-state index is 12.9. The van der Waals surface area contributed by atoms with Gasteiger partial charge in [-0.05, 0) is 42.8 Å². The number of ether oxygens (including phenoxy) is 1. The molecule has 0 aliphatic heterocycles. The van der Waals surface area contributed by atoms with E-state index in [1.54, 1.807) is 13.8 Å². The number of alkyl halides is 3. The molecule has 0 aliphatic carbocycles. The normalized spacial score (nSPS) is 13.3. The Morgan fingerprint density at radius 3 is 2.37 bits per heavy atom. The molecule has 0 aromatic heterocycles. The SMILES string of the molecule is CCC(O)Oc1cc(C)cc(OS(=O)(=O)c2cc(C(F)(F)F)ccc2Cl)c1. The molecular weight excluding hydrogens is 409 g/mol. The van der Waals surface area contributed by atoms with Gasteiger partial charge in [-0.15, -0.1) is 0 Å². The Hall–Kier alpha value is -1.97. The van der Waals surface area contributed by atoms with Crippen LogP contribution in [0.3, 0.4) is 0 Å². The fraction of sp³-hybridized carbons (Fsp3) is 0.294. The van der Waals surface area contributed by atoms with Crippen molar-refractivity contribution in [2.45, 2.75) is 37.6 Å². The van der Waals surface area contributed by atoms with E-state index in [9.17, 15) is 26.7 Å². The molecule has 1 N–H and O–H groups in total. The van der Waals surface area contributed by atoms with Gasteiger partial charge in [-0.1, -0.05) is 18.5 Å². The third-order valence-electron chi connectivity index (χ3n) is 3.38. The lowest BCUT2D eigenvalue weighted by molar-refractivity contribution is -0.137. The summed E-state index contributed by atoms with van der Waals surface area (Å²) in [5, 5.41) is 9.13. The summed E-state index contributed by atoms with van der Waals surface area (Å²) in [6, 6.07) is 6.01. The monoisotopic (exact) mass is 424 g/mol. The Labute approximate surface area is 159 Å². The van der Waals surface area contributed by atoms with Gasteiger partial charge in [0.15, 0.2) is 6.29 Å². The predicted molar refractivity (Wildman–Crippen MR) is 92.4 cm³/mol. The second-order valence-electron chi connectivity index (χ2n) is 5.64. The minimum absolute atomic E-state index is 0.143. The Morgan fingerprint density at radius 2 is 1.78 bits per heavy atom. The summed E-state index contributed by atoms with van der Waals surface area (Å²) in [6.45, 7) is 3.31. The average Bonchev–Trinajstić information content (AvgIpc) is 2.52. The van der Waals surface area contributed by atoms with Crippen molar-refractivity contribution in [1.82, 2.24) is 0 Å². The Bertz CT molecular complexity index is 929. The van der Waals surface area contributed by atoms with E-state index in [1.165, 1.54) is 18.2 Å². The van der Waals surface area contributed by atoms with Crippen LogP contribution in [0, 0.1) is 6.92 Å². The molecule has 2 aromatic carbocycles. The van der Waals surface area contributed by atoms with Crippen LogP contribution < -0.4 is 8.92 Å². The quantitative estimate of drug-likeness (QED) is 0.544. The van der Waals surface area contributed by atoms with E-state index in [1.807, 2.05) is 0 Å². The van der Waals surface area contributed by atoms with Gasteiger partial charge in [0.05, 0.1) is 10.6 Å². The zero-order valence-electron chi connectivity index (χ0n) is 14.2. The lowest BCUT2D eigenvalue weighted by Crippen LogP contribution is -2.15. The summed E-state index contributed by atoms with van der Waals surface area (Å²) < 4.78 is 73.6. The molecule has 0 saturated heterocycles. The molecule has 27 heavy (non-hydrogen) atoms. The summed E-state index contributed by atoms with van der Waals surface area (Å²) in [6.07, 6.45) is -5.55. The van der Waals surface area contributed by atoms with Gasteiger partial charge in [-0.2, -0.15) is 21.6 Å². The molecule has 1 atom stereocenters. The molecule has 10 heteroatoms. The van der Waals surface area contributed by atoms with E-state index in [-0.39, 0.29) is 11.5 Å². The zero-order chi connectivity index (χ0) is 20.4. The van der Waals surface area contributed by atoms with Gasteiger partial charge in [-0.25, -0.2) is 0 Å². The summed E-state index contributed by atoms with van der Waals surface area (Å²) in [5.41, 5.74) is -0.621.